The summed E-state index contributed by atoms with van der Waals surface area (Å²) >= 11 is 0. The number of amides is 1. The molecule has 2 heteroatoms. The Kier molecular flexibility index (Phi) is 3.76. The van der Waals surface area contributed by atoms with E-state index < -0.39 is 0 Å². The SMILES string of the molecule is O=C1NCCCCC1/C=C/c1ccccc1. The molecule has 1 fully saturated rings. The summed E-state index contributed by atoms with van der Waals surface area (Å²) in [6.07, 6.45) is 7.25. The Morgan fingerprint density at radius 1 is 1.19 bits per heavy atom. The molecule has 1 aromatic carbocycles. The maximum absolute atomic E-state index is 11.7. The van der Waals surface area contributed by atoms with Crippen LogP contribution in [0.25, 0.3) is 6.08 Å². The van der Waals surface area contributed by atoms with Gasteiger partial charge in [0.05, 0.1) is 5.92 Å². The zero-order chi connectivity index (χ0) is 11.2. The van der Waals surface area contributed by atoms with Crippen LogP contribution in [0.1, 0.15) is 24.8 Å². The summed E-state index contributed by atoms with van der Waals surface area (Å²) < 4.78 is 0. The Balaban J connectivity index is 2.02. The van der Waals surface area contributed by atoms with E-state index in [9.17, 15) is 4.79 Å². The molecular formula is C14H17NO. The average Bonchev–Trinajstić information content (AvgIpc) is 2.53. The first kappa shape index (κ1) is 10.9. The van der Waals surface area contributed by atoms with E-state index in [1.54, 1.807) is 0 Å². The zero-order valence-corrected chi connectivity index (χ0v) is 9.36. The van der Waals surface area contributed by atoms with Gasteiger partial charge < -0.3 is 5.32 Å². The first-order valence-electron chi connectivity index (χ1n) is 5.87. The van der Waals surface area contributed by atoms with Crippen molar-refractivity contribution in [3.63, 3.8) is 0 Å². The molecule has 0 saturated carbocycles. The normalized spacial score (nSPS) is 21.8. The Hall–Kier alpha value is -1.57. The minimum Gasteiger partial charge on any atom is -0.356 e. The van der Waals surface area contributed by atoms with Crippen molar-refractivity contribution in [3.05, 3.63) is 42.0 Å². The largest absolute Gasteiger partial charge is 0.356 e. The van der Waals surface area contributed by atoms with Crippen LogP contribution in [0.5, 0.6) is 0 Å². The highest BCUT2D eigenvalue weighted by atomic mass is 16.1. The molecule has 2 nitrogen and oxygen atoms in total. The summed E-state index contributed by atoms with van der Waals surface area (Å²) in [4.78, 5) is 11.7. The number of rotatable bonds is 2. The molecule has 1 aliphatic rings. The van der Waals surface area contributed by atoms with Crippen molar-refractivity contribution >= 4 is 12.0 Å². The average molecular weight is 215 g/mol. The highest BCUT2D eigenvalue weighted by Gasteiger charge is 2.17. The lowest BCUT2D eigenvalue weighted by Crippen LogP contribution is -2.27. The van der Waals surface area contributed by atoms with Crippen molar-refractivity contribution in [2.45, 2.75) is 19.3 Å². The number of carbonyl (C=O) groups excluding carboxylic acids is 1. The van der Waals surface area contributed by atoms with Crippen molar-refractivity contribution in [1.82, 2.24) is 5.32 Å². The van der Waals surface area contributed by atoms with Gasteiger partial charge in [-0.15, -0.1) is 0 Å². The van der Waals surface area contributed by atoms with Crippen molar-refractivity contribution in [2.24, 2.45) is 5.92 Å². The van der Waals surface area contributed by atoms with E-state index in [1.165, 1.54) is 0 Å². The summed E-state index contributed by atoms with van der Waals surface area (Å²) in [6, 6.07) is 10.1. The Labute approximate surface area is 96.4 Å². The molecule has 1 heterocycles. The van der Waals surface area contributed by atoms with Crippen LogP contribution in [0.3, 0.4) is 0 Å². The fraction of sp³-hybridized carbons (Fsp3) is 0.357. The summed E-state index contributed by atoms with van der Waals surface area (Å²) in [7, 11) is 0. The first-order valence-corrected chi connectivity index (χ1v) is 5.87. The monoisotopic (exact) mass is 215 g/mol. The van der Waals surface area contributed by atoms with E-state index in [0.717, 1.165) is 31.4 Å². The van der Waals surface area contributed by atoms with E-state index >= 15 is 0 Å². The summed E-state index contributed by atoms with van der Waals surface area (Å²) in [5.74, 6) is 0.215. The molecular weight excluding hydrogens is 198 g/mol. The lowest BCUT2D eigenvalue weighted by Gasteiger charge is -2.07. The predicted octanol–water partition coefficient (Wildman–Crippen LogP) is 2.62. The molecule has 16 heavy (non-hydrogen) atoms. The fourth-order valence-corrected chi connectivity index (χ4v) is 1.94. The minimum atomic E-state index is 0.0442. The van der Waals surface area contributed by atoms with Crippen molar-refractivity contribution in [2.75, 3.05) is 6.54 Å². The van der Waals surface area contributed by atoms with Crippen molar-refractivity contribution in [1.29, 1.82) is 0 Å². The number of hydrogen-bond donors (Lipinski definition) is 1. The third-order valence-corrected chi connectivity index (χ3v) is 2.90. The topological polar surface area (TPSA) is 29.1 Å². The van der Waals surface area contributed by atoms with Crippen LogP contribution < -0.4 is 5.32 Å². The van der Waals surface area contributed by atoms with Gasteiger partial charge in [-0.3, -0.25) is 4.79 Å². The molecule has 1 aromatic rings. The maximum atomic E-state index is 11.7. The Morgan fingerprint density at radius 3 is 2.81 bits per heavy atom. The molecule has 1 aliphatic heterocycles. The van der Waals surface area contributed by atoms with Gasteiger partial charge >= 0.3 is 0 Å². The lowest BCUT2D eigenvalue weighted by molar-refractivity contribution is -0.123. The first-order chi connectivity index (χ1) is 7.86. The predicted molar refractivity (Wildman–Crippen MR) is 65.8 cm³/mol. The van der Waals surface area contributed by atoms with Crippen LogP contribution in [-0.2, 0) is 4.79 Å². The second kappa shape index (κ2) is 5.50. The number of carbonyl (C=O) groups is 1. The van der Waals surface area contributed by atoms with Crippen LogP contribution in [0.4, 0.5) is 0 Å². The van der Waals surface area contributed by atoms with E-state index in [4.69, 9.17) is 0 Å². The molecule has 1 unspecified atom stereocenters. The van der Waals surface area contributed by atoms with Gasteiger partial charge in [0.25, 0.3) is 0 Å². The van der Waals surface area contributed by atoms with Crippen molar-refractivity contribution < 1.29 is 4.79 Å². The highest BCUT2D eigenvalue weighted by molar-refractivity contribution is 5.81. The second-order valence-corrected chi connectivity index (χ2v) is 4.16. The number of benzene rings is 1. The standard InChI is InChI=1S/C14H17NO/c16-14-13(8-4-5-11-15-14)10-9-12-6-2-1-3-7-12/h1-3,6-7,9-10,13H,4-5,8,11H2,(H,15,16)/b10-9+. The Bertz CT molecular complexity index is 370. The van der Waals surface area contributed by atoms with Gasteiger partial charge in [-0.05, 0) is 18.4 Å². The molecule has 84 valence electrons. The van der Waals surface area contributed by atoms with Gasteiger partial charge in [-0.1, -0.05) is 48.9 Å². The molecule has 0 aliphatic carbocycles. The molecule has 2 rings (SSSR count). The van der Waals surface area contributed by atoms with Crippen LogP contribution in [0.2, 0.25) is 0 Å². The van der Waals surface area contributed by atoms with Crippen LogP contribution in [-0.4, -0.2) is 12.5 Å². The second-order valence-electron chi connectivity index (χ2n) is 4.16. The summed E-state index contributed by atoms with van der Waals surface area (Å²) in [6.45, 7) is 0.828. The van der Waals surface area contributed by atoms with Gasteiger partial charge in [0, 0.05) is 6.54 Å². The molecule has 1 amide bonds. The van der Waals surface area contributed by atoms with E-state index in [1.807, 2.05) is 42.5 Å². The summed E-state index contributed by atoms with van der Waals surface area (Å²) in [5, 5.41) is 2.94. The van der Waals surface area contributed by atoms with Crippen LogP contribution in [0.15, 0.2) is 36.4 Å². The molecule has 1 atom stereocenters. The molecule has 0 spiro atoms. The quantitative estimate of drug-likeness (QED) is 0.807. The van der Waals surface area contributed by atoms with Gasteiger partial charge in [0.1, 0.15) is 0 Å². The van der Waals surface area contributed by atoms with Crippen molar-refractivity contribution in [3.8, 4) is 0 Å². The molecule has 0 aromatic heterocycles. The third kappa shape index (κ3) is 2.96. The van der Waals surface area contributed by atoms with E-state index in [-0.39, 0.29) is 11.8 Å². The minimum absolute atomic E-state index is 0.0442. The van der Waals surface area contributed by atoms with Gasteiger partial charge in [-0.2, -0.15) is 0 Å². The lowest BCUT2D eigenvalue weighted by atomic mass is 10.0. The molecule has 0 radical (unpaired) electrons. The smallest absolute Gasteiger partial charge is 0.226 e. The Morgan fingerprint density at radius 2 is 2.00 bits per heavy atom. The van der Waals surface area contributed by atoms with E-state index in [2.05, 4.69) is 5.32 Å². The molecule has 0 bridgehead atoms. The van der Waals surface area contributed by atoms with Gasteiger partial charge in [0.15, 0.2) is 0 Å². The van der Waals surface area contributed by atoms with Gasteiger partial charge in [0.2, 0.25) is 5.91 Å². The van der Waals surface area contributed by atoms with Crippen LogP contribution >= 0.6 is 0 Å². The fourth-order valence-electron chi connectivity index (χ4n) is 1.94. The summed E-state index contributed by atoms with van der Waals surface area (Å²) in [5.41, 5.74) is 1.15. The molecule has 1 saturated heterocycles. The third-order valence-electron chi connectivity index (χ3n) is 2.90. The highest BCUT2D eigenvalue weighted by Crippen LogP contribution is 2.15. The van der Waals surface area contributed by atoms with Gasteiger partial charge in [-0.25, -0.2) is 0 Å². The maximum Gasteiger partial charge on any atom is 0.226 e. The van der Waals surface area contributed by atoms with Crippen LogP contribution in [0, 0.1) is 5.92 Å². The van der Waals surface area contributed by atoms with E-state index in [0.29, 0.717) is 0 Å². The number of hydrogen-bond acceptors (Lipinski definition) is 1. The number of nitrogens with one attached hydrogen (secondary N) is 1. The molecule has 1 N–H and O–H groups in total. The zero-order valence-electron chi connectivity index (χ0n) is 9.36.